The Kier molecular flexibility index (Phi) is 4.81. The van der Waals surface area contributed by atoms with Crippen molar-refractivity contribution in [3.8, 4) is 0 Å². The number of rotatable bonds is 6. The highest BCUT2D eigenvalue weighted by molar-refractivity contribution is 5.12. The molecule has 3 nitrogen and oxygen atoms in total. The van der Waals surface area contributed by atoms with E-state index in [1.807, 2.05) is 0 Å². The van der Waals surface area contributed by atoms with Crippen LogP contribution in [-0.2, 0) is 12.8 Å². The number of aryl methyl sites for hydroxylation is 2. The van der Waals surface area contributed by atoms with Gasteiger partial charge in [-0.15, -0.1) is 0 Å². The molecule has 1 aromatic rings. The Morgan fingerprint density at radius 2 is 2.11 bits per heavy atom. The maximum absolute atomic E-state index is 4.79. The summed E-state index contributed by atoms with van der Waals surface area (Å²) in [4.78, 5) is 0. The van der Waals surface area contributed by atoms with Crippen molar-refractivity contribution in [2.45, 2.75) is 71.4 Å². The van der Waals surface area contributed by atoms with Gasteiger partial charge >= 0.3 is 0 Å². The van der Waals surface area contributed by atoms with Crippen LogP contribution in [0.25, 0.3) is 0 Å². The predicted molar refractivity (Wildman–Crippen MR) is 76.0 cm³/mol. The van der Waals surface area contributed by atoms with E-state index in [0.717, 1.165) is 19.4 Å². The van der Waals surface area contributed by atoms with Crippen molar-refractivity contribution in [2.24, 2.45) is 0 Å². The lowest BCUT2D eigenvalue weighted by Gasteiger charge is -2.15. The summed E-state index contributed by atoms with van der Waals surface area (Å²) in [7, 11) is 0. The quantitative estimate of drug-likeness (QED) is 0.839. The van der Waals surface area contributed by atoms with Gasteiger partial charge in [0.25, 0.3) is 0 Å². The van der Waals surface area contributed by atoms with Gasteiger partial charge in [0, 0.05) is 11.7 Å². The van der Waals surface area contributed by atoms with Crippen molar-refractivity contribution in [1.82, 2.24) is 15.1 Å². The van der Waals surface area contributed by atoms with Gasteiger partial charge in [-0.25, -0.2) is 0 Å². The van der Waals surface area contributed by atoms with Gasteiger partial charge in [0.2, 0.25) is 0 Å². The number of hydrogen-bond acceptors (Lipinski definition) is 2. The minimum atomic E-state index is 0.620. The average molecular weight is 249 g/mol. The summed E-state index contributed by atoms with van der Waals surface area (Å²) in [5, 5.41) is 8.43. The molecule has 1 fully saturated rings. The van der Waals surface area contributed by atoms with Gasteiger partial charge in [-0.1, -0.05) is 20.8 Å². The molecule has 0 amide bonds. The van der Waals surface area contributed by atoms with E-state index >= 15 is 0 Å². The highest BCUT2D eigenvalue weighted by atomic mass is 15.3. The molecule has 0 aromatic carbocycles. The Labute approximate surface area is 111 Å². The number of hydrogen-bond donors (Lipinski definition) is 1. The van der Waals surface area contributed by atoms with Crippen LogP contribution >= 0.6 is 0 Å². The Balaban J connectivity index is 2.01. The zero-order valence-corrected chi connectivity index (χ0v) is 12.1. The van der Waals surface area contributed by atoms with Gasteiger partial charge in [0.05, 0.1) is 11.7 Å². The van der Waals surface area contributed by atoms with Crippen LogP contribution in [-0.4, -0.2) is 22.4 Å². The minimum absolute atomic E-state index is 0.620. The largest absolute Gasteiger partial charge is 0.314 e. The lowest BCUT2D eigenvalue weighted by molar-refractivity contribution is 0.428. The molecule has 1 N–H and O–H groups in total. The van der Waals surface area contributed by atoms with Crippen molar-refractivity contribution >= 4 is 0 Å². The van der Waals surface area contributed by atoms with Crippen LogP contribution < -0.4 is 5.32 Å². The second-order valence-corrected chi connectivity index (χ2v) is 5.40. The van der Waals surface area contributed by atoms with Crippen LogP contribution in [0.3, 0.4) is 0 Å². The monoisotopic (exact) mass is 249 g/mol. The summed E-state index contributed by atoms with van der Waals surface area (Å²) >= 11 is 0. The highest BCUT2D eigenvalue weighted by Gasteiger charge is 2.27. The average Bonchev–Trinajstić information content (AvgIpc) is 3.02. The molecule has 18 heavy (non-hydrogen) atoms. The molecule has 102 valence electrons. The normalized spacial score (nSPS) is 23.7. The van der Waals surface area contributed by atoms with Crippen LogP contribution in [0.5, 0.6) is 0 Å². The second-order valence-electron chi connectivity index (χ2n) is 5.40. The molecule has 1 aliphatic carbocycles. The van der Waals surface area contributed by atoms with E-state index in [9.17, 15) is 0 Å². The number of nitrogens with zero attached hydrogens (tertiary/aromatic N) is 2. The molecule has 1 saturated carbocycles. The first-order chi connectivity index (χ1) is 8.78. The maximum atomic E-state index is 4.79. The molecule has 0 saturated heterocycles. The SMILES string of the molecule is CCCNC1CCC(n2nc(CC)cc2CC)C1. The minimum Gasteiger partial charge on any atom is -0.314 e. The van der Waals surface area contributed by atoms with E-state index in [0.29, 0.717) is 12.1 Å². The molecule has 1 aromatic heterocycles. The molecule has 0 spiro atoms. The van der Waals surface area contributed by atoms with Crippen molar-refractivity contribution in [1.29, 1.82) is 0 Å². The second kappa shape index (κ2) is 6.37. The zero-order chi connectivity index (χ0) is 13.0. The van der Waals surface area contributed by atoms with Crippen LogP contribution in [0.4, 0.5) is 0 Å². The van der Waals surface area contributed by atoms with Crippen molar-refractivity contribution in [3.05, 3.63) is 17.5 Å². The molecule has 0 radical (unpaired) electrons. The van der Waals surface area contributed by atoms with E-state index in [2.05, 4.69) is 36.8 Å². The van der Waals surface area contributed by atoms with E-state index in [1.54, 1.807) is 0 Å². The lowest BCUT2D eigenvalue weighted by Crippen LogP contribution is -2.27. The van der Waals surface area contributed by atoms with Gasteiger partial charge in [-0.2, -0.15) is 5.10 Å². The van der Waals surface area contributed by atoms with Crippen LogP contribution in [0.2, 0.25) is 0 Å². The number of aromatic nitrogens is 2. The lowest BCUT2D eigenvalue weighted by atomic mass is 10.2. The summed E-state index contributed by atoms with van der Waals surface area (Å²) in [6, 6.07) is 3.61. The van der Waals surface area contributed by atoms with Gasteiger partial charge in [-0.3, -0.25) is 4.68 Å². The van der Waals surface area contributed by atoms with Crippen LogP contribution in [0.1, 0.15) is 63.9 Å². The summed E-state index contributed by atoms with van der Waals surface area (Å²) in [6.07, 6.45) is 7.19. The fourth-order valence-electron chi connectivity index (χ4n) is 2.96. The van der Waals surface area contributed by atoms with E-state index < -0.39 is 0 Å². The molecule has 2 rings (SSSR count). The van der Waals surface area contributed by atoms with E-state index in [1.165, 1.54) is 37.1 Å². The summed E-state index contributed by atoms with van der Waals surface area (Å²) in [5.74, 6) is 0. The molecule has 2 unspecified atom stereocenters. The Hall–Kier alpha value is -0.830. The molecular weight excluding hydrogens is 222 g/mol. The molecule has 1 aliphatic rings. The zero-order valence-electron chi connectivity index (χ0n) is 12.1. The summed E-state index contributed by atoms with van der Waals surface area (Å²) < 4.78 is 2.31. The first kappa shape index (κ1) is 13.6. The van der Waals surface area contributed by atoms with Gasteiger partial charge in [0.15, 0.2) is 0 Å². The van der Waals surface area contributed by atoms with Gasteiger partial charge < -0.3 is 5.32 Å². The summed E-state index contributed by atoms with van der Waals surface area (Å²) in [6.45, 7) is 7.80. The van der Waals surface area contributed by atoms with E-state index in [4.69, 9.17) is 5.10 Å². The first-order valence-electron chi connectivity index (χ1n) is 7.59. The molecule has 3 heteroatoms. The molecule has 0 aliphatic heterocycles. The van der Waals surface area contributed by atoms with Crippen LogP contribution in [0.15, 0.2) is 6.07 Å². The van der Waals surface area contributed by atoms with Crippen molar-refractivity contribution < 1.29 is 0 Å². The molecule has 0 bridgehead atoms. The smallest absolute Gasteiger partial charge is 0.0624 e. The van der Waals surface area contributed by atoms with Crippen molar-refractivity contribution in [2.75, 3.05) is 6.54 Å². The Morgan fingerprint density at radius 3 is 2.78 bits per heavy atom. The third-order valence-electron chi connectivity index (χ3n) is 4.02. The third kappa shape index (κ3) is 2.94. The predicted octanol–water partition coefficient (Wildman–Crippen LogP) is 3.10. The van der Waals surface area contributed by atoms with E-state index in [-0.39, 0.29) is 0 Å². The standard InChI is InChI=1S/C15H27N3/c1-4-9-16-13-7-8-15(11-13)18-14(6-3)10-12(5-2)17-18/h10,13,15-16H,4-9,11H2,1-3H3. The molecule has 1 heterocycles. The topological polar surface area (TPSA) is 29.9 Å². The molecular formula is C15H27N3. The van der Waals surface area contributed by atoms with Crippen molar-refractivity contribution in [3.63, 3.8) is 0 Å². The van der Waals surface area contributed by atoms with Gasteiger partial charge in [0.1, 0.15) is 0 Å². The Morgan fingerprint density at radius 1 is 1.28 bits per heavy atom. The van der Waals surface area contributed by atoms with Crippen LogP contribution in [0, 0.1) is 0 Å². The Bertz CT molecular complexity index is 370. The fourth-order valence-corrected chi connectivity index (χ4v) is 2.96. The fraction of sp³-hybridized carbons (Fsp3) is 0.800. The molecule has 2 atom stereocenters. The number of nitrogens with one attached hydrogen (secondary N) is 1. The first-order valence-corrected chi connectivity index (χ1v) is 7.59. The maximum Gasteiger partial charge on any atom is 0.0624 e. The highest BCUT2D eigenvalue weighted by Crippen LogP contribution is 2.31. The van der Waals surface area contributed by atoms with Gasteiger partial charge in [-0.05, 0) is 51.1 Å². The third-order valence-corrected chi connectivity index (χ3v) is 4.02. The summed E-state index contributed by atoms with van der Waals surface area (Å²) in [5.41, 5.74) is 2.66.